The number of hydrogen-bond acceptors (Lipinski definition) is 3. The summed E-state index contributed by atoms with van der Waals surface area (Å²) in [6, 6.07) is 3.59. The van der Waals surface area contributed by atoms with Crippen LogP contribution < -0.4 is 5.32 Å². The quantitative estimate of drug-likeness (QED) is 0.865. The topological polar surface area (TPSA) is 41.5 Å². The summed E-state index contributed by atoms with van der Waals surface area (Å²) in [5.41, 5.74) is 2.09. The highest BCUT2D eigenvalue weighted by Gasteiger charge is 2.25. The molecule has 1 heterocycles. The van der Waals surface area contributed by atoms with Crippen LogP contribution in [-0.2, 0) is 11.2 Å². The van der Waals surface area contributed by atoms with Gasteiger partial charge >= 0.3 is 0 Å². The van der Waals surface area contributed by atoms with Gasteiger partial charge < -0.3 is 15.2 Å². The van der Waals surface area contributed by atoms with Gasteiger partial charge in [-0.3, -0.25) is 0 Å². The number of phenolic OH excluding ortho intramolecular Hbond substituents is 1. The van der Waals surface area contributed by atoms with E-state index in [0.717, 1.165) is 23.0 Å². The monoisotopic (exact) mass is 271 g/mol. The lowest BCUT2D eigenvalue weighted by Crippen LogP contribution is -2.25. The number of aromatic hydroxyl groups is 1. The summed E-state index contributed by atoms with van der Waals surface area (Å²) in [6.45, 7) is 1.43. The van der Waals surface area contributed by atoms with Gasteiger partial charge in [0.05, 0.1) is 12.7 Å². The molecule has 1 aromatic carbocycles. The van der Waals surface area contributed by atoms with Crippen molar-refractivity contribution in [2.75, 3.05) is 20.2 Å². The molecule has 82 valence electrons. The van der Waals surface area contributed by atoms with Gasteiger partial charge in [-0.1, -0.05) is 15.9 Å². The Labute approximate surface area is 97.6 Å². The minimum absolute atomic E-state index is 0.0451. The van der Waals surface area contributed by atoms with Crippen LogP contribution in [0.2, 0.25) is 0 Å². The van der Waals surface area contributed by atoms with Gasteiger partial charge in [0.2, 0.25) is 0 Å². The van der Waals surface area contributed by atoms with Gasteiger partial charge in [-0.15, -0.1) is 0 Å². The van der Waals surface area contributed by atoms with Crippen LogP contribution in [0.3, 0.4) is 0 Å². The third kappa shape index (κ3) is 2.02. The molecular formula is C11H14BrNO2. The van der Waals surface area contributed by atoms with Crippen LogP contribution in [0.25, 0.3) is 0 Å². The molecule has 0 bridgehead atoms. The summed E-state index contributed by atoms with van der Waals surface area (Å²) < 4.78 is 6.69. The van der Waals surface area contributed by atoms with Crippen LogP contribution in [-0.4, -0.2) is 25.3 Å². The summed E-state index contributed by atoms with van der Waals surface area (Å²) in [5, 5.41) is 12.9. The van der Waals surface area contributed by atoms with Gasteiger partial charge in [0.1, 0.15) is 5.75 Å². The van der Waals surface area contributed by atoms with E-state index in [9.17, 15) is 5.11 Å². The molecular weight excluding hydrogens is 258 g/mol. The first-order valence-corrected chi connectivity index (χ1v) is 5.79. The molecule has 0 spiro atoms. The molecule has 3 nitrogen and oxygen atoms in total. The standard InChI is InChI=1S/C11H14BrNO2/c1-13-6-10-11-7(4-5-15-10)8(12)2-3-9(11)14/h2-3,10,13-14H,4-6H2,1H3. The van der Waals surface area contributed by atoms with Crippen LogP contribution in [0.4, 0.5) is 0 Å². The number of rotatable bonds is 2. The number of fused-ring (bicyclic) bond motifs is 1. The number of nitrogens with one attached hydrogen (secondary N) is 1. The summed E-state index contributed by atoms with van der Waals surface area (Å²) >= 11 is 3.51. The van der Waals surface area contributed by atoms with Crippen molar-refractivity contribution in [3.8, 4) is 5.75 Å². The number of halogens is 1. The normalized spacial score (nSPS) is 20.0. The van der Waals surface area contributed by atoms with Gasteiger partial charge in [0.25, 0.3) is 0 Å². The van der Waals surface area contributed by atoms with Crippen molar-refractivity contribution in [3.63, 3.8) is 0 Å². The molecule has 1 aliphatic rings. The molecule has 1 aliphatic heterocycles. The molecule has 1 atom stereocenters. The number of phenols is 1. The zero-order chi connectivity index (χ0) is 10.8. The fourth-order valence-corrected chi connectivity index (χ4v) is 2.52. The zero-order valence-corrected chi connectivity index (χ0v) is 10.2. The minimum atomic E-state index is -0.0451. The first-order valence-electron chi connectivity index (χ1n) is 5.00. The van der Waals surface area contributed by atoms with Gasteiger partial charge in [-0.25, -0.2) is 0 Å². The van der Waals surface area contributed by atoms with E-state index in [4.69, 9.17) is 4.74 Å². The minimum Gasteiger partial charge on any atom is -0.508 e. The summed E-state index contributed by atoms with van der Waals surface area (Å²) in [7, 11) is 1.88. The third-order valence-corrected chi connectivity index (χ3v) is 3.40. The molecule has 2 N–H and O–H groups in total. The summed E-state index contributed by atoms with van der Waals surface area (Å²) in [4.78, 5) is 0. The molecule has 0 aromatic heterocycles. The number of likely N-dealkylation sites (N-methyl/N-ethyl adjacent to an activating group) is 1. The maximum atomic E-state index is 9.85. The number of ether oxygens (including phenoxy) is 1. The Balaban J connectivity index is 2.45. The molecule has 0 amide bonds. The third-order valence-electron chi connectivity index (χ3n) is 2.66. The Morgan fingerprint density at radius 3 is 3.13 bits per heavy atom. The van der Waals surface area contributed by atoms with Crippen molar-refractivity contribution in [2.24, 2.45) is 0 Å². The van der Waals surface area contributed by atoms with Crippen molar-refractivity contribution in [3.05, 3.63) is 27.7 Å². The lowest BCUT2D eigenvalue weighted by molar-refractivity contribution is 0.0418. The molecule has 2 rings (SSSR count). The van der Waals surface area contributed by atoms with Gasteiger partial charge in [0.15, 0.2) is 0 Å². The highest BCUT2D eigenvalue weighted by molar-refractivity contribution is 9.10. The van der Waals surface area contributed by atoms with Crippen LogP contribution in [0.5, 0.6) is 5.75 Å². The van der Waals surface area contributed by atoms with E-state index in [1.165, 1.54) is 5.56 Å². The predicted molar refractivity (Wildman–Crippen MR) is 62.1 cm³/mol. The number of hydrogen-bond donors (Lipinski definition) is 2. The SMILES string of the molecule is CNCC1OCCc2c(Br)ccc(O)c21. The van der Waals surface area contributed by atoms with Crippen LogP contribution in [0.15, 0.2) is 16.6 Å². The van der Waals surface area contributed by atoms with Crippen LogP contribution in [0, 0.1) is 0 Å². The van der Waals surface area contributed by atoms with E-state index < -0.39 is 0 Å². The fraction of sp³-hybridized carbons (Fsp3) is 0.455. The van der Waals surface area contributed by atoms with E-state index in [-0.39, 0.29) is 6.10 Å². The Kier molecular flexibility index (Phi) is 3.29. The predicted octanol–water partition coefficient (Wildman–Crippen LogP) is 1.99. The van der Waals surface area contributed by atoms with E-state index in [0.29, 0.717) is 12.4 Å². The van der Waals surface area contributed by atoms with E-state index in [1.807, 2.05) is 13.1 Å². The molecule has 1 unspecified atom stereocenters. The van der Waals surface area contributed by atoms with Crippen LogP contribution >= 0.6 is 15.9 Å². The summed E-state index contributed by atoms with van der Waals surface area (Å²) in [5.74, 6) is 0.327. The first-order chi connectivity index (χ1) is 7.24. The van der Waals surface area contributed by atoms with Crippen LogP contribution in [0.1, 0.15) is 17.2 Å². The molecule has 0 aliphatic carbocycles. The second kappa shape index (κ2) is 4.51. The zero-order valence-electron chi connectivity index (χ0n) is 8.59. The Hall–Kier alpha value is -0.580. The van der Waals surface area contributed by atoms with Crippen molar-refractivity contribution < 1.29 is 9.84 Å². The van der Waals surface area contributed by atoms with E-state index in [2.05, 4.69) is 21.2 Å². The van der Waals surface area contributed by atoms with Crippen molar-refractivity contribution >= 4 is 15.9 Å². The first kappa shape index (κ1) is 10.9. The van der Waals surface area contributed by atoms with Gasteiger partial charge in [0, 0.05) is 16.6 Å². The maximum Gasteiger partial charge on any atom is 0.121 e. The average molecular weight is 272 g/mol. The Bertz CT molecular complexity index is 368. The second-order valence-corrected chi connectivity index (χ2v) is 4.48. The lowest BCUT2D eigenvalue weighted by Gasteiger charge is -2.27. The molecule has 0 saturated heterocycles. The molecule has 0 fully saturated rings. The summed E-state index contributed by atoms with van der Waals surface area (Å²) in [6.07, 6.45) is 0.807. The molecule has 0 radical (unpaired) electrons. The van der Waals surface area contributed by atoms with Crippen molar-refractivity contribution in [2.45, 2.75) is 12.5 Å². The highest BCUT2D eigenvalue weighted by atomic mass is 79.9. The Morgan fingerprint density at radius 1 is 1.60 bits per heavy atom. The molecule has 15 heavy (non-hydrogen) atoms. The molecule has 1 aromatic rings. The van der Waals surface area contributed by atoms with Gasteiger partial charge in [-0.2, -0.15) is 0 Å². The van der Waals surface area contributed by atoms with Gasteiger partial charge in [-0.05, 0) is 31.2 Å². The largest absolute Gasteiger partial charge is 0.508 e. The average Bonchev–Trinajstić information content (AvgIpc) is 2.24. The van der Waals surface area contributed by atoms with E-state index in [1.54, 1.807) is 6.07 Å². The smallest absolute Gasteiger partial charge is 0.121 e. The Morgan fingerprint density at radius 2 is 2.40 bits per heavy atom. The maximum absolute atomic E-state index is 9.85. The van der Waals surface area contributed by atoms with Crippen molar-refractivity contribution in [1.29, 1.82) is 0 Å². The fourth-order valence-electron chi connectivity index (χ4n) is 1.97. The van der Waals surface area contributed by atoms with E-state index >= 15 is 0 Å². The molecule has 0 saturated carbocycles. The number of benzene rings is 1. The molecule has 4 heteroatoms. The highest BCUT2D eigenvalue weighted by Crippen LogP contribution is 2.37. The van der Waals surface area contributed by atoms with Crippen molar-refractivity contribution in [1.82, 2.24) is 5.32 Å². The second-order valence-electron chi connectivity index (χ2n) is 3.63. The lowest BCUT2D eigenvalue weighted by atomic mass is 9.96.